The summed E-state index contributed by atoms with van der Waals surface area (Å²) in [5.74, 6) is -0.219. The van der Waals surface area contributed by atoms with Gasteiger partial charge in [-0.05, 0) is 51.0 Å². The highest BCUT2D eigenvalue weighted by Gasteiger charge is 2.28. The van der Waals surface area contributed by atoms with Crippen LogP contribution in [0.3, 0.4) is 0 Å². The van der Waals surface area contributed by atoms with E-state index in [0.29, 0.717) is 42.0 Å². The smallest absolute Gasteiger partial charge is 0.287 e. The minimum absolute atomic E-state index is 0.155. The van der Waals surface area contributed by atoms with Crippen molar-refractivity contribution < 1.29 is 23.1 Å². The van der Waals surface area contributed by atoms with Crippen LogP contribution in [0.4, 0.5) is 4.39 Å². The lowest BCUT2D eigenvalue weighted by Crippen LogP contribution is -2.35. The van der Waals surface area contributed by atoms with Gasteiger partial charge in [-0.15, -0.1) is 0 Å². The van der Waals surface area contributed by atoms with Crippen LogP contribution in [0.25, 0.3) is 0 Å². The van der Waals surface area contributed by atoms with Gasteiger partial charge in [-0.3, -0.25) is 9.59 Å². The van der Waals surface area contributed by atoms with Crippen LogP contribution in [-0.4, -0.2) is 37.3 Å². The number of halogens is 1. The number of amides is 2. The molecular weight excluding hydrogens is 377 g/mol. The number of rotatable bonds is 6. The minimum Gasteiger partial charge on any atom is -0.455 e. The maximum atomic E-state index is 13.0. The molecule has 1 atom stereocenters. The first kappa shape index (κ1) is 20.7. The second-order valence-electron chi connectivity index (χ2n) is 7.04. The summed E-state index contributed by atoms with van der Waals surface area (Å²) in [5.41, 5.74) is 4.93. The van der Waals surface area contributed by atoms with Crippen molar-refractivity contribution in [3.63, 3.8) is 0 Å². The molecule has 29 heavy (non-hydrogen) atoms. The molecule has 1 aliphatic carbocycles. The van der Waals surface area contributed by atoms with E-state index >= 15 is 0 Å². The first-order valence-corrected chi connectivity index (χ1v) is 9.45. The Hall–Kier alpha value is -3.00. The SMILES string of the molecule is COCC(C)NC(=O)c1oc2c(c1C)/C(=N/NC(=O)c1ccc(F)cc1)CCC2. The molecule has 154 valence electrons. The first-order chi connectivity index (χ1) is 13.9. The van der Waals surface area contributed by atoms with Gasteiger partial charge in [-0.2, -0.15) is 5.10 Å². The van der Waals surface area contributed by atoms with Crippen LogP contribution in [-0.2, 0) is 11.2 Å². The first-order valence-electron chi connectivity index (χ1n) is 9.45. The van der Waals surface area contributed by atoms with Crippen LogP contribution in [0.15, 0.2) is 33.8 Å². The molecule has 0 bridgehead atoms. The van der Waals surface area contributed by atoms with Crippen molar-refractivity contribution in [2.45, 2.75) is 39.2 Å². The summed E-state index contributed by atoms with van der Waals surface area (Å²) in [6.45, 7) is 4.05. The number of benzene rings is 1. The predicted molar refractivity (Wildman–Crippen MR) is 106 cm³/mol. The standard InChI is InChI=1S/C21H24FN3O4/c1-12(11-28-3)23-21(27)19-13(2)18-16(5-4-6-17(18)29-19)24-25-20(26)14-7-9-15(22)10-8-14/h7-10,12H,4-6,11H2,1-3H3,(H,23,27)(H,25,26)/b24-16+. The quantitative estimate of drug-likeness (QED) is 0.728. The summed E-state index contributed by atoms with van der Waals surface area (Å²) >= 11 is 0. The third-order valence-corrected chi connectivity index (χ3v) is 4.72. The van der Waals surface area contributed by atoms with Gasteiger partial charge < -0.3 is 14.5 Å². The predicted octanol–water partition coefficient (Wildman–Crippen LogP) is 2.96. The number of hydrogen-bond donors (Lipinski definition) is 2. The van der Waals surface area contributed by atoms with E-state index in [2.05, 4.69) is 15.8 Å². The summed E-state index contributed by atoms with van der Waals surface area (Å²) in [6.07, 6.45) is 2.15. The molecule has 0 spiro atoms. The Morgan fingerprint density at radius 1 is 1.24 bits per heavy atom. The topological polar surface area (TPSA) is 92.9 Å². The Labute approximate surface area is 168 Å². The number of nitrogens with zero attached hydrogens (tertiary/aromatic N) is 1. The molecule has 0 saturated heterocycles. The second kappa shape index (κ2) is 9.00. The molecule has 2 N–H and O–H groups in total. The van der Waals surface area contributed by atoms with E-state index < -0.39 is 11.7 Å². The van der Waals surface area contributed by atoms with Crippen LogP contribution < -0.4 is 10.7 Å². The normalized spacial score (nSPS) is 15.7. The fourth-order valence-corrected chi connectivity index (χ4v) is 3.36. The lowest BCUT2D eigenvalue weighted by Gasteiger charge is -2.13. The van der Waals surface area contributed by atoms with Gasteiger partial charge in [0.05, 0.1) is 12.3 Å². The highest BCUT2D eigenvalue weighted by atomic mass is 19.1. The summed E-state index contributed by atoms with van der Waals surface area (Å²) in [7, 11) is 1.57. The molecule has 8 heteroatoms. The number of carbonyl (C=O) groups is 2. The molecule has 0 saturated carbocycles. The molecule has 3 rings (SSSR count). The molecule has 0 fully saturated rings. The molecule has 1 aliphatic rings. The van der Waals surface area contributed by atoms with Gasteiger partial charge in [-0.25, -0.2) is 9.82 Å². The second-order valence-corrected chi connectivity index (χ2v) is 7.04. The Morgan fingerprint density at radius 2 is 1.97 bits per heavy atom. The maximum absolute atomic E-state index is 13.0. The van der Waals surface area contributed by atoms with E-state index in [1.54, 1.807) is 14.0 Å². The number of aryl methyl sites for hydroxylation is 1. The average molecular weight is 401 g/mol. The van der Waals surface area contributed by atoms with Gasteiger partial charge in [0.25, 0.3) is 11.8 Å². The van der Waals surface area contributed by atoms with Crippen molar-refractivity contribution in [3.8, 4) is 0 Å². The molecule has 1 heterocycles. The Bertz CT molecular complexity index is 934. The number of methoxy groups -OCH3 is 1. The highest BCUT2D eigenvalue weighted by molar-refractivity contribution is 6.07. The lowest BCUT2D eigenvalue weighted by atomic mass is 9.93. The third-order valence-electron chi connectivity index (χ3n) is 4.72. The van der Waals surface area contributed by atoms with Crippen LogP contribution >= 0.6 is 0 Å². The molecule has 1 aromatic heterocycles. The lowest BCUT2D eigenvalue weighted by molar-refractivity contribution is 0.0874. The number of carbonyl (C=O) groups excluding carboxylic acids is 2. The zero-order chi connectivity index (χ0) is 21.0. The highest BCUT2D eigenvalue weighted by Crippen LogP contribution is 2.30. The Kier molecular flexibility index (Phi) is 6.43. The van der Waals surface area contributed by atoms with Gasteiger partial charge in [0, 0.05) is 36.3 Å². The summed E-state index contributed by atoms with van der Waals surface area (Å²) in [4.78, 5) is 24.8. The van der Waals surface area contributed by atoms with Gasteiger partial charge in [-0.1, -0.05) is 0 Å². The van der Waals surface area contributed by atoms with E-state index in [0.717, 1.165) is 12.0 Å². The summed E-state index contributed by atoms with van der Waals surface area (Å²) in [6, 6.07) is 5.07. The van der Waals surface area contributed by atoms with E-state index in [-0.39, 0.29) is 17.7 Å². The van der Waals surface area contributed by atoms with Crippen molar-refractivity contribution in [1.82, 2.24) is 10.7 Å². The van der Waals surface area contributed by atoms with E-state index in [9.17, 15) is 14.0 Å². The fraction of sp³-hybridized carbons (Fsp3) is 0.381. The molecule has 7 nitrogen and oxygen atoms in total. The van der Waals surface area contributed by atoms with E-state index in [1.807, 2.05) is 6.92 Å². The Morgan fingerprint density at radius 3 is 2.66 bits per heavy atom. The number of nitrogens with one attached hydrogen (secondary N) is 2. The molecular formula is C21H24FN3O4. The Balaban J connectivity index is 1.80. The summed E-state index contributed by atoms with van der Waals surface area (Å²) in [5, 5.41) is 7.10. The molecule has 1 aromatic carbocycles. The number of ether oxygens (including phenoxy) is 1. The van der Waals surface area contributed by atoms with Crippen molar-refractivity contribution in [1.29, 1.82) is 0 Å². The van der Waals surface area contributed by atoms with Crippen molar-refractivity contribution in [2.24, 2.45) is 5.10 Å². The molecule has 0 aliphatic heterocycles. The molecule has 2 aromatic rings. The van der Waals surface area contributed by atoms with E-state index in [4.69, 9.17) is 9.15 Å². The molecule has 2 amide bonds. The largest absolute Gasteiger partial charge is 0.455 e. The fourth-order valence-electron chi connectivity index (χ4n) is 3.36. The van der Waals surface area contributed by atoms with Gasteiger partial charge in [0.2, 0.25) is 0 Å². The zero-order valence-electron chi connectivity index (χ0n) is 16.7. The van der Waals surface area contributed by atoms with Crippen LogP contribution in [0.2, 0.25) is 0 Å². The van der Waals surface area contributed by atoms with E-state index in [1.165, 1.54) is 24.3 Å². The minimum atomic E-state index is -0.433. The van der Waals surface area contributed by atoms with Gasteiger partial charge in [0.1, 0.15) is 11.6 Å². The maximum Gasteiger partial charge on any atom is 0.287 e. The van der Waals surface area contributed by atoms with Gasteiger partial charge >= 0.3 is 0 Å². The van der Waals surface area contributed by atoms with Crippen molar-refractivity contribution >= 4 is 17.5 Å². The average Bonchev–Trinajstić information content (AvgIpc) is 3.04. The number of fused-ring (bicyclic) bond motifs is 1. The zero-order valence-corrected chi connectivity index (χ0v) is 16.7. The number of hydrazone groups is 1. The van der Waals surface area contributed by atoms with Gasteiger partial charge in [0.15, 0.2) is 5.76 Å². The van der Waals surface area contributed by atoms with Crippen LogP contribution in [0, 0.1) is 12.7 Å². The number of hydrogen-bond acceptors (Lipinski definition) is 5. The number of furan rings is 1. The summed E-state index contributed by atoms with van der Waals surface area (Å²) < 4.78 is 23.9. The van der Waals surface area contributed by atoms with Crippen molar-refractivity contribution in [3.05, 3.63) is 58.3 Å². The van der Waals surface area contributed by atoms with Crippen LogP contribution in [0.5, 0.6) is 0 Å². The van der Waals surface area contributed by atoms with Crippen molar-refractivity contribution in [2.75, 3.05) is 13.7 Å². The monoisotopic (exact) mass is 401 g/mol. The molecule has 1 unspecified atom stereocenters. The molecule has 0 radical (unpaired) electrons. The third kappa shape index (κ3) is 4.71. The van der Waals surface area contributed by atoms with Crippen LogP contribution in [0.1, 0.15) is 57.6 Å².